The molecule has 0 amide bonds. The maximum Gasteiger partial charge on any atom is 0.261 e. The van der Waals surface area contributed by atoms with Crippen molar-refractivity contribution in [2.75, 3.05) is 11.8 Å². The van der Waals surface area contributed by atoms with Crippen LogP contribution < -0.4 is 10.0 Å². The molecule has 0 radical (unpaired) electrons. The van der Waals surface area contributed by atoms with Crippen LogP contribution in [0.2, 0.25) is 0 Å². The molecule has 5 heteroatoms. The van der Waals surface area contributed by atoms with Crippen molar-refractivity contribution >= 4 is 15.7 Å². The molecule has 2 N–H and O–H groups in total. The molecule has 2 aromatic carbocycles. The molecule has 0 spiro atoms. The molecule has 0 heterocycles. The molecule has 4 nitrogen and oxygen atoms in total. The molecule has 0 aromatic heterocycles. The average Bonchev–Trinajstić information content (AvgIpc) is 2.42. The molecule has 0 aliphatic carbocycles. The van der Waals surface area contributed by atoms with E-state index in [2.05, 4.69) is 10.0 Å². The normalized spacial score (nSPS) is 11.3. The highest BCUT2D eigenvalue weighted by Crippen LogP contribution is 2.19. The number of hydrogen-bond acceptors (Lipinski definition) is 3. The van der Waals surface area contributed by atoms with Crippen LogP contribution in [-0.2, 0) is 16.6 Å². The van der Waals surface area contributed by atoms with Gasteiger partial charge in [-0.3, -0.25) is 4.72 Å². The van der Waals surface area contributed by atoms with Gasteiger partial charge in [0, 0.05) is 6.54 Å². The lowest BCUT2D eigenvalue weighted by molar-refractivity contribution is 0.601. The van der Waals surface area contributed by atoms with E-state index in [0.717, 1.165) is 11.1 Å². The van der Waals surface area contributed by atoms with Crippen molar-refractivity contribution in [3.8, 4) is 0 Å². The standard InChI is InChI=1S/C15H18N2O2S/c1-12-5-3-4-6-15(12)17-20(18,19)14-9-7-13(8-10-14)11-16-2/h3-10,16-17H,11H2,1-2H3. The van der Waals surface area contributed by atoms with E-state index in [1.165, 1.54) is 0 Å². The summed E-state index contributed by atoms with van der Waals surface area (Å²) in [4.78, 5) is 0.264. The molecule has 0 saturated carbocycles. The molecular weight excluding hydrogens is 272 g/mol. The highest BCUT2D eigenvalue weighted by Gasteiger charge is 2.14. The molecule has 0 unspecified atom stereocenters. The first-order valence-corrected chi connectivity index (χ1v) is 7.83. The Hall–Kier alpha value is -1.85. The van der Waals surface area contributed by atoms with Gasteiger partial charge in [0.1, 0.15) is 0 Å². The highest BCUT2D eigenvalue weighted by atomic mass is 32.2. The maximum atomic E-state index is 12.3. The van der Waals surface area contributed by atoms with Gasteiger partial charge in [0.25, 0.3) is 10.0 Å². The summed E-state index contributed by atoms with van der Waals surface area (Å²) < 4.78 is 27.2. The fraction of sp³-hybridized carbons (Fsp3) is 0.200. The lowest BCUT2D eigenvalue weighted by Gasteiger charge is -2.10. The monoisotopic (exact) mass is 290 g/mol. The second-order valence-corrected chi connectivity index (χ2v) is 6.28. The highest BCUT2D eigenvalue weighted by molar-refractivity contribution is 7.92. The van der Waals surface area contributed by atoms with Crippen LogP contribution in [0.25, 0.3) is 0 Å². The van der Waals surface area contributed by atoms with E-state index < -0.39 is 10.0 Å². The Bertz CT molecular complexity index is 679. The lowest BCUT2D eigenvalue weighted by Crippen LogP contribution is -2.14. The minimum atomic E-state index is -3.54. The summed E-state index contributed by atoms with van der Waals surface area (Å²) in [6, 6.07) is 14.2. The predicted molar refractivity (Wildman–Crippen MR) is 81.2 cm³/mol. The van der Waals surface area contributed by atoms with Gasteiger partial charge in [0.05, 0.1) is 10.6 Å². The summed E-state index contributed by atoms with van der Waals surface area (Å²) in [5, 5.41) is 3.02. The SMILES string of the molecule is CNCc1ccc(S(=O)(=O)Nc2ccccc2C)cc1. The van der Waals surface area contributed by atoms with Crippen LogP contribution in [0, 0.1) is 6.92 Å². The van der Waals surface area contributed by atoms with Gasteiger partial charge in [-0.2, -0.15) is 0 Å². The van der Waals surface area contributed by atoms with Crippen LogP contribution in [0.15, 0.2) is 53.4 Å². The minimum Gasteiger partial charge on any atom is -0.316 e. The molecule has 0 atom stereocenters. The Kier molecular flexibility index (Phi) is 4.42. The average molecular weight is 290 g/mol. The second-order valence-electron chi connectivity index (χ2n) is 4.59. The van der Waals surface area contributed by atoms with Crippen molar-refractivity contribution in [2.24, 2.45) is 0 Å². The summed E-state index contributed by atoms with van der Waals surface area (Å²) in [5.74, 6) is 0. The van der Waals surface area contributed by atoms with E-state index in [1.807, 2.05) is 38.2 Å². The largest absolute Gasteiger partial charge is 0.316 e. The zero-order valence-electron chi connectivity index (χ0n) is 11.6. The Balaban J connectivity index is 2.24. The zero-order chi connectivity index (χ0) is 14.6. The first-order valence-electron chi connectivity index (χ1n) is 6.35. The molecule has 0 aliphatic rings. The third-order valence-electron chi connectivity index (χ3n) is 3.00. The predicted octanol–water partition coefficient (Wildman–Crippen LogP) is 2.52. The van der Waals surface area contributed by atoms with E-state index in [1.54, 1.807) is 24.3 Å². The van der Waals surface area contributed by atoms with Gasteiger partial charge in [-0.05, 0) is 43.3 Å². The quantitative estimate of drug-likeness (QED) is 0.889. The molecule has 2 rings (SSSR count). The number of rotatable bonds is 5. The summed E-state index contributed by atoms with van der Waals surface area (Å²) in [6.07, 6.45) is 0. The number of nitrogens with one attached hydrogen (secondary N) is 2. The van der Waals surface area contributed by atoms with Gasteiger partial charge in [0.2, 0.25) is 0 Å². The third-order valence-corrected chi connectivity index (χ3v) is 4.39. The first-order chi connectivity index (χ1) is 9.53. The van der Waals surface area contributed by atoms with E-state index in [0.29, 0.717) is 12.2 Å². The Morgan fingerprint density at radius 1 is 1.00 bits per heavy atom. The van der Waals surface area contributed by atoms with Crippen molar-refractivity contribution in [2.45, 2.75) is 18.4 Å². The Labute approximate surface area is 119 Å². The van der Waals surface area contributed by atoms with Gasteiger partial charge >= 0.3 is 0 Å². The molecule has 0 saturated heterocycles. The number of para-hydroxylation sites is 1. The number of anilines is 1. The molecule has 20 heavy (non-hydrogen) atoms. The lowest BCUT2D eigenvalue weighted by atomic mass is 10.2. The van der Waals surface area contributed by atoms with E-state index >= 15 is 0 Å². The molecule has 2 aromatic rings. The van der Waals surface area contributed by atoms with Gasteiger partial charge < -0.3 is 5.32 Å². The zero-order valence-corrected chi connectivity index (χ0v) is 12.4. The van der Waals surface area contributed by atoms with Gasteiger partial charge in [-0.15, -0.1) is 0 Å². The van der Waals surface area contributed by atoms with Gasteiger partial charge in [-0.25, -0.2) is 8.42 Å². The van der Waals surface area contributed by atoms with Crippen molar-refractivity contribution in [3.05, 3.63) is 59.7 Å². The first kappa shape index (κ1) is 14.6. The molecule has 0 aliphatic heterocycles. The van der Waals surface area contributed by atoms with Crippen LogP contribution in [0.1, 0.15) is 11.1 Å². The maximum absolute atomic E-state index is 12.3. The van der Waals surface area contributed by atoms with Crippen LogP contribution >= 0.6 is 0 Å². The second kappa shape index (κ2) is 6.07. The topological polar surface area (TPSA) is 58.2 Å². The van der Waals surface area contributed by atoms with Crippen LogP contribution in [0.4, 0.5) is 5.69 Å². The molecule has 106 valence electrons. The van der Waals surface area contributed by atoms with Crippen molar-refractivity contribution in [3.63, 3.8) is 0 Å². The number of benzene rings is 2. The van der Waals surface area contributed by atoms with Gasteiger partial charge in [-0.1, -0.05) is 30.3 Å². The third kappa shape index (κ3) is 3.37. The van der Waals surface area contributed by atoms with Crippen molar-refractivity contribution in [1.29, 1.82) is 0 Å². The summed E-state index contributed by atoms with van der Waals surface area (Å²) in [5.41, 5.74) is 2.54. The van der Waals surface area contributed by atoms with E-state index in [4.69, 9.17) is 0 Å². The Morgan fingerprint density at radius 3 is 2.25 bits per heavy atom. The van der Waals surface area contributed by atoms with E-state index in [9.17, 15) is 8.42 Å². The Morgan fingerprint density at radius 2 is 1.65 bits per heavy atom. The van der Waals surface area contributed by atoms with Gasteiger partial charge in [0.15, 0.2) is 0 Å². The van der Waals surface area contributed by atoms with Crippen LogP contribution in [0.5, 0.6) is 0 Å². The van der Waals surface area contributed by atoms with Crippen molar-refractivity contribution in [1.82, 2.24) is 5.32 Å². The summed E-state index contributed by atoms with van der Waals surface area (Å²) in [6.45, 7) is 2.58. The smallest absolute Gasteiger partial charge is 0.261 e. The fourth-order valence-electron chi connectivity index (χ4n) is 1.88. The van der Waals surface area contributed by atoms with Crippen molar-refractivity contribution < 1.29 is 8.42 Å². The summed E-state index contributed by atoms with van der Waals surface area (Å²) >= 11 is 0. The van der Waals surface area contributed by atoms with E-state index in [-0.39, 0.29) is 4.90 Å². The summed E-state index contributed by atoms with van der Waals surface area (Å²) in [7, 11) is -1.69. The van der Waals surface area contributed by atoms with Crippen LogP contribution in [0.3, 0.4) is 0 Å². The number of aryl methyl sites for hydroxylation is 1. The fourth-order valence-corrected chi connectivity index (χ4v) is 3.01. The van der Waals surface area contributed by atoms with Crippen LogP contribution in [-0.4, -0.2) is 15.5 Å². The minimum absolute atomic E-state index is 0.264. The number of hydrogen-bond donors (Lipinski definition) is 2. The molecule has 0 fully saturated rings. The molecular formula is C15H18N2O2S. The number of sulfonamides is 1. The molecule has 0 bridgehead atoms.